The molecule has 0 amide bonds. The molecule has 26 heavy (non-hydrogen) atoms. The van der Waals surface area contributed by atoms with Gasteiger partial charge in [0.15, 0.2) is 11.5 Å². The molecular formula is C19H26ClN3O3. The molecule has 0 unspecified atom stereocenters. The van der Waals surface area contributed by atoms with Gasteiger partial charge in [-0.2, -0.15) is 5.10 Å². The Morgan fingerprint density at radius 1 is 1.27 bits per heavy atom. The monoisotopic (exact) mass is 379 g/mol. The van der Waals surface area contributed by atoms with Gasteiger partial charge in [0.25, 0.3) is 5.56 Å². The van der Waals surface area contributed by atoms with Crippen molar-refractivity contribution in [1.29, 1.82) is 0 Å². The number of benzene rings is 1. The quantitative estimate of drug-likeness (QED) is 0.605. The fourth-order valence-corrected chi connectivity index (χ4v) is 2.69. The van der Waals surface area contributed by atoms with E-state index < -0.39 is 0 Å². The number of hydrogen-bond donors (Lipinski definition) is 2. The number of rotatable bonds is 10. The lowest BCUT2D eigenvalue weighted by molar-refractivity contribution is 0.290. The van der Waals surface area contributed by atoms with Gasteiger partial charge in [-0.1, -0.05) is 44.4 Å². The Kier molecular flexibility index (Phi) is 7.78. The Hall–Kier alpha value is -2.21. The number of halogens is 1. The molecule has 0 aliphatic heterocycles. The average molecular weight is 380 g/mol. The van der Waals surface area contributed by atoms with Crippen molar-refractivity contribution in [3.8, 4) is 11.5 Å². The van der Waals surface area contributed by atoms with Crippen LogP contribution in [0, 0.1) is 0 Å². The number of phenols is 1. The minimum atomic E-state index is -0.302. The van der Waals surface area contributed by atoms with E-state index in [1.165, 1.54) is 4.68 Å². The highest BCUT2D eigenvalue weighted by atomic mass is 35.5. The first kappa shape index (κ1) is 20.1. The van der Waals surface area contributed by atoms with E-state index in [9.17, 15) is 9.90 Å². The predicted octanol–water partition coefficient (Wildman–Crippen LogP) is 4.19. The molecule has 142 valence electrons. The molecule has 7 heteroatoms. The van der Waals surface area contributed by atoms with Crippen molar-refractivity contribution in [2.75, 3.05) is 11.9 Å². The molecule has 0 spiro atoms. The number of phenolic OH excluding ortho intramolecular Hbond substituents is 1. The SMILES string of the molecule is CCCCCOc1cc(CNc2cnn(CCC)c(=O)c2Cl)ccc1O. The van der Waals surface area contributed by atoms with Crippen LogP contribution in [0.2, 0.25) is 5.02 Å². The number of nitrogens with zero attached hydrogens (tertiary/aromatic N) is 2. The van der Waals surface area contributed by atoms with Crippen LogP contribution in [-0.4, -0.2) is 21.5 Å². The van der Waals surface area contributed by atoms with Crippen LogP contribution in [-0.2, 0) is 13.1 Å². The maximum absolute atomic E-state index is 12.1. The van der Waals surface area contributed by atoms with Crippen molar-refractivity contribution in [2.24, 2.45) is 0 Å². The predicted molar refractivity (Wildman–Crippen MR) is 104 cm³/mol. The average Bonchev–Trinajstić information content (AvgIpc) is 2.64. The molecule has 0 aliphatic carbocycles. The number of anilines is 1. The van der Waals surface area contributed by atoms with Gasteiger partial charge in [-0.25, -0.2) is 4.68 Å². The summed E-state index contributed by atoms with van der Waals surface area (Å²) < 4.78 is 7.00. The topological polar surface area (TPSA) is 76.4 Å². The summed E-state index contributed by atoms with van der Waals surface area (Å²) in [6.45, 7) is 5.65. The smallest absolute Gasteiger partial charge is 0.287 e. The van der Waals surface area contributed by atoms with Gasteiger partial charge in [-0.05, 0) is 30.5 Å². The molecule has 0 bridgehead atoms. The lowest BCUT2D eigenvalue weighted by Crippen LogP contribution is -2.24. The zero-order chi connectivity index (χ0) is 18.9. The summed E-state index contributed by atoms with van der Waals surface area (Å²) in [7, 11) is 0. The van der Waals surface area contributed by atoms with Crippen LogP contribution in [0.3, 0.4) is 0 Å². The molecule has 2 N–H and O–H groups in total. The maximum Gasteiger partial charge on any atom is 0.287 e. The Labute approximate surface area is 158 Å². The highest BCUT2D eigenvalue weighted by molar-refractivity contribution is 6.32. The minimum Gasteiger partial charge on any atom is -0.504 e. The van der Waals surface area contributed by atoms with Crippen LogP contribution < -0.4 is 15.6 Å². The van der Waals surface area contributed by atoms with Gasteiger partial charge in [0.1, 0.15) is 5.02 Å². The number of ether oxygens (including phenoxy) is 1. The summed E-state index contributed by atoms with van der Waals surface area (Å²) in [5, 5.41) is 17.3. The van der Waals surface area contributed by atoms with Gasteiger partial charge in [0.2, 0.25) is 0 Å². The summed E-state index contributed by atoms with van der Waals surface area (Å²) in [4.78, 5) is 12.1. The highest BCUT2D eigenvalue weighted by Crippen LogP contribution is 2.27. The van der Waals surface area contributed by atoms with Crippen molar-refractivity contribution in [3.05, 3.63) is 45.3 Å². The maximum atomic E-state index is 12.1. The van der Waals surface area contributed by atoms with Crippen molar-refractivity contribution in [2.45, 2.75) is 52.6 Å². The molecule has 0 saturated carbocycles. The molecular weight excluding hydrogens is 354 g/mol. The Morgan fingerprint density at radius 3 is 2.81 bits per heavy atom. The molecule has 0 aliphatic rings. The fourth-order valence-electron chi connectivity index (χ4n) is 2.47. The number of hydrogen-bond acceptors (Lipinski definition) is 5. The molecule has 6 nitrogen and oxygen atoms in total. The zero-order valence-electron chi connectivity index (χ0n) is 15.3. The first-order chi connectivity index (χ1) is 12.6. The summed E-state index contributed by atoms with van der Waals surface area (Å²) in [6, 6.07) is 5.18. The van der Waals surface area contributed by atoms with E-state index in [0.29, 0.717) is 31.1 Å². The second kappa shape index (κ2) is 10.1. The third kappa shape index (κ3) is 5.39. The van der Waals surface area contributed by atoms with Crippen molar-refractivity contribution in [3.63, 3.8) is 0 Å². The summed E-state index contributed by atoms with van der Waals surface area (Å²) >= 11 is 6.15. The molecule has 1 aromatic heterocycles. The standard InChI is InChI=1S/C19H26ClN3O3/c1-3-5-6-10-26-17-11-14(7-8-16(17)24)12-21-15-13-22-23(9-4-2)19(25)18(15)20/h7-8,11,13,21,24H,3-6,9-10,12H2,1-2H3. The minimum absolute atomic E-state index is 0.118. The van der Waals surface area contributed by atoms with Crippen molar-refractivity contribution in [1.82, 2.24) is 9.78 Å². The first-order valence-corrected chi connectivity index (χ1v) is 9.38. The van der Waals surface area contributed by atoms with Gasteiger partial charge in [0.05, 0.1) is 18.5 Å². The Bertz CT molecular complexity index is 777. The lowest BCUT2D eigenvalue weighted by atomic mass is 10.2. The van der Waals surface area contributed by atoms with E-state index in [-0.39, 0.29) is 16.3 Å². The van der Waals surface area contributed by atoms with Crippen molar-refractivity contribution >= 4 is 17.3 Å². The van der Waals surface area contributed by atoms with E-state index in [1.54, 1.807) is 24.4 Å². The number of nitrogens with one attached hydrogen (secondary N) is 1. The van der Waals surface area contributed by atoms with E-state index in [1.807, 2.05) is 6.92 Å². The first-order valence-electron chi connectivity index (χ1n) is 9.01. The Balaban J connectivity index is 2.03. The number of aryl methyl sites for hydroxylation is 1. The number of aromatic hydroxyl groups is 1. The number of aromatic nitrogens is 2. The van der Waals surface area contributed by atoms with Gasteiger partial charge in [0, 0.05) is 13.1 Å². The van der Waals surface area contributed by atoms with Crippen LogP contribution in [0.4, 0.5) is 5.69 Å². The zero-order valence-corrected chi connectivity index (χ0v) is 16.1. The fraction of sp³-hybridized carbons (Fsp3) is 0.474. The molecule has 1 heterocycles. The van der Waals surface area contributed by atoms with Crippen LogP contribution in [0.25, 0.3) is 0 Å². The van der Waals surface area contributed by atoms with Crippen LogP contribution >= 0.6 is 11.6 Å². The van der Waals surface area contributed by atoms with Gasteiger partial charge < -0.3 is 15.2 Å². The second-order valence-electron chi connectivity index (χ2n) is 6.11. The molecule has 0 fully saturated rings. The molecule has 0 atom stereocenters. The normalized spacial score (nSPS) is 10.7. The summed E-state index contributed by atoms with van der Waals surface area (Å²) in [6.07, 6.45) is 5.53. The Morgan fingerprint density at radius 2 is 2.08 bits per heavy atom. The summed E-state index contributed by atoms with van der Waals surface area (Å²) in [5.41, 5.74) is 1.09. The van der Waals surface area contributed by atoms with Gasteiger partial charge in [-0.3, -0.25) is 4.79 Å². The van der Waals surface area contributed by atoms with Crippen LogP contribution in [0.15, 0.2) is 29.2 Å². The molecule has 1 aromatic carbocycles. The lowest BCUT2D eigenvalue weighted by Gasteiger charge is -2.12. The van der Waals surface area contributed by atoms with E-state index in [0.717, 1.165) is 31.2 Å². The number of unbranched alkanes of at least 4 members (excludes halogenated alkanes) is 2. The highest BCUT2D eigenvalue weighted by Gasteiger charge is 2.10. The van der Waals surface area contributed by atoms with E-state index >= 15 is 0 Å². The second-order valence-corrected chi connectivity index (χ2v) is 6.49. The molecule has 2 rings (SSSR count). The van der Waals surface area contributed by atoms with Crippen LogP contribution in [0.5, 0.6) is 11.5 Å². The van der Waals surface area contributed by atoms with Crippen LogP contribution in [0.1, 0.15) is 45.1 Å². The largest absolute Gasteiger partial charge is 0.504 e. The van der Waals surface area contributed by atoms with Gasteiger partial charge in [-0.15, -0.1) is 0 Å². The van der Waals surface area contributed by atoms with Gasteiger partial charge >= 0.3 is 0 Å². The molecule has 0 radical (unpaired) electrons. The molecule has 2 aromatic rings. The molecule has 0 saturated heterocycles. The third-order valence-corrected chi connectivity index (χ3v) is 4.30. The van der Waals surface area contributed by atoms with E-state index in [4.69, 9.17) is 16.3 Å². The van der Waals surface area contributed by atoms with Crippen molar-refractivity contribution < 1.29 is 9.84 Å². The summed E-state index contributed by atoms with van der Waals surface area (Å²) in [5.74, 6) is 0.579. The third-order valence-electron chi connectivity index (χ3n) is 3.93. The van der Waals surface area contributed by atoms with E-state index in [2.05, 4.69) is 17.3 Å².